The molecule has 21 heavy (non-hydrogen) atoms. The van der Waals surface area contributed by atoms with Gasteiger partial charge in [-0.1, -0.05) is 12.1 Å². The van der Waals surface area contributed by atoms with E-state index in [4.69, 9.17) is 5.26 Å². The maximum absolute atomic E-state index is 11.4. The average molecular weight is 300 g/mol. The van der Waals surface area contributed by atoms with Gasteiger partial charge in [-0.15, -0.1) is 0 Å². The van der Waals surface area contributed by atoms with Crippen LogP contribution in [0.15, 0.2) is 41.6 Å². The molecule has 0 aliphatic heterocycles. The molecule has 0 aliphatic rings. The van der Waals surface area contributed by atoms with Crippen LogP contribution in [0.1, 0.15) is 24.2 Å². The second kappa shape index (κ2) is 6.46. The number of nitrogens with zero attached hydrogens (tertiary/aromatic N) is 4. The van der Waals surface area contributed by atoms with Gasteiger partial charge < -0.3 is 4.90 Å². The molecule has 0 aliphatic carbocycles. The summed E-state index contributed by atoms with van der Waals surface area (Å²) in [4.78, 5) is 11.1. The molecule has 1 aromatic carbocycles. The fourth-order valence-corrected chi connectivity index (χ4v) is 2.44. The molecule has 2 rings (SSSR count). The van der Waals surface area contributed by atoms with Gasteiger partial charge in [-0.05, 0) is 24.6 Å². The first kappa shape index (κ1) is 15.1. The zero-order valence-corrected chi connectivity index (χ0v) is 13.0. The second-order valence-electron chi connectivity index (χ2n) is 4.68. The zero-order chi connectivity index (χ0) is 15.4. The summed E-state index contributed by atoms with van der Waals surface area (Å²) in [7, 11) is 0.956. The Hall–Kier alpha value is -2.26. The van der Waals surface area contributed by atoms with Crippen molar-refractivity contribution in [2.75, 3.05) is 18.2 Å². The van der Waals surface area contributed by atoms with Crippen molar-refractivity contribution in [2.24, 2.45) is 0 Å². The number of hydrogen-bond donors (Lipinski definition) is 0. The minimum atomic E-state index is -0.967. The van der Waals surface area contributed by atoms with E-state index in [1.54, 1.807) is 12.5 Å². The highest BCUT2D eigenvalue weighted by Gasteiger charge is 2.14. The quantitative estimate of drug-likeness (QED) is 0.866. The lowest BCUT2D eigenvalue weighted by Gasteiger charge is -2.26. The largest absolute Gasteiger partial charge is 0.352 e. The third-order valence-electron chi connectivity index (χ3n) is 3.39. The van der Waals surface area contributed by atoms with Crippen LogP contribution in [0.25, 0.3) is 0 Å². The SMILES string of the molecule is CC(c1ccc(S(C)=O)cc1)N(C)c1cnc(C#N)cn1. The molecule has 0 saturated heterocycles. The lowest BCUT2D eigenvalue weighted by Crippen LogP contribution is -2.22. The summed E-state index contributed by atoms with van der Waals surface area (Å²) in [6, 6.07) is 9.72. The summed E-state index contributed by atoms with van der Waals surface area (Å²) in [5.41, 5.74) is 1.40. The smallest absolute Gasteiger partial charge is 0.158 e. The van der Waals surface area contributed by atoms with Crippen LogP contribution < -0.4 is 4.90 Å². The van der Waals surface area contributed by atoms with Gasteiger partial charge in [-0.2, -0.15) is 5.26 Å². The van der Waals surface area contributed by atoms with Crippen molar-refractivity contribution >= 4 is 16.6 Å². The topological polar surface area (TPSA) is 69.9 Å². The average Bonchev–Trinajstić information content (AvgIpc) is 2.53. The number of aromatic nitrogens is 2. The molecular weight excluding hydrogens is 284 g/mol. The third-order valence-corrected chi connectivity index (χ3v) is 4.33. The molecule has 1 heterocycles. The van der Waals surface area contributed by atoms with Crippen LogP contribution in [0.4, 0.5) is 5.82 Å². The number of benzene rings is 1. The van der Waals surface area contributed by atoms with Gasteiger partial charge in [0.2, 0.25) is 0 Å². The van der Waals surface area contributed by atoms with E-state index in [1.165, 1.54) is 6.20 Å². The summed E-state index contributed by atoms with van der Waals surface area (Å²) in [5, 5.41) is 8.73. The number of nitriles is 1. The predicted molar refractivity (Wildman–Crippen MR) is 82.3 cm³/mol. The van der Waals surface area contributed by atoms with E-state index in [2.05, 4.69) is 16.9 Å². The lowest BCUT2D eigenvalue weighted by molar-refractivity contribution is 0.686. The van der Waals surface area contributed by atoms with Crippen molar-refractivity contribution in [3.63, 3.8) is 0 Å². The molecule has 0 saturated carbocycles. The van der Waals surface area contributed by atoms with Crippen LogP contribution in [-0.4, -0.2) is 27.5 Å². The fraction of sp³-hybridized carbons (Fsp3) is 0.267. The second-order valence-corrected chi connectivity index (χ2v) is 6.06. The maximum atomic E-state index is 11.4. The minimum absolute atomic E-state index is 0.0894. The number of rotatable bonds is 4. The first-order valence-electron chi connectivity index (χ1n) is 6.41. The Labute approximate surface area is 126 Å². The molecule has 108 valence electrons. The molecule has 0 spiro atoms. The van der Waals surface area contributed by atoms with Crippen LogP contribution in [0, 0.1) is 11.3 Å². The minimum Gasteiger partial charge on any atom is -0.352 e. The highest BCUT2D eigenvalue weighted by atomic mass is 32.2. The van der Waals surface area contributed by atoms with E-state index in [0.29, 0.717) is 11.5 Å². The maximum Gasteiger partial charge on any atom is 0.158 e. The van der Waals surface area contributed by atoms with E-state index >= 15 is 0 Å². The standard InChI is InChI=1S/C15H16N4OS/c1-11(12-4-6-14(7-5-12)21(3)20)19(2)15-10-17-13(8-16)9-18-15/h4-7,9-11H,1-3H3. The first-order chi connectivity index (χ1) is 10.0. The summed E-state index contributed by atoms with van der Waals surface area (Å²) < 4.78 is 11.4. The molecular formula is C15H16N4OS. The van der Waals surface area contributed by atoms with Gasteiger partial charge >= 0.3 is 0 Å². The van der Waals surface area contributed by atoms with E-state index in [-0.39, 0.29) is 6.04 Å². The molecule has 1 aromatic heterocycles. The predicted octanol–water partition coefficient (Wildman–Crippen LogP) is 2.28. The van der Waals surface area contributed by atoms with Gasteiger partial charge in [0.1, 0.15) is 11.9 Å². The molecule has 2 aromatic rings. The van der Waals surface area contributed by atoms with Gasteiger partial charge in [0.15, 0.2) is 5.69 Å². The summed E-state index contributed by atoms with van der Waals surface area (Å²) in [6.45, 7) is 2.05. The Kier molecular flexibility index (Phi) is 4.66. The van der Waals surface area contributed by atoms with Gasteiger partial charge in [-0.3, -0.25) is 4.21 Å². The molecule has 0 bridgehead atoms. The van der Waals surface area contributed by atoms with Crippen LogP contribution in [-0.2, 0) is 10.8 Å². The lowest BCUT2D eigenvalue weighted by atomic mass is 10.1. The van der Waals surface area contributed by atoms with Crippen LogP contribution >= 0.6 is 0 Å². The summed E-state index contributed by atoms with van der Waals surface area (Å²) in [6.07, 6.45) is 4.71. The van der Waals surface area contributed by atoms with E-state index in [1.807, 2.05) is 42.3 Å². The molecule has 0 radical (unpaired) electrons. The van der Waals surface area contributed by atoms with Gasteiger partial charge in [0.25, 0.3) is 0 Å². The van der Waals surface area contributed by atoms with Gasteiger partial charge in [0, 0.05) is 29.0 Å². The summed E-state index contributed by atoms with van der Waals surface area (Å²) in [5.74, 6) is 0.699. The molecule has 0 amide bonds. The van der Waals surface area contributed by atoms with E-state index in [0.717, 1.165) is 10.5 Å². The van der Waals surface area contributed by atoms with Gasteiger partial charge in [0.05, 0.1) is 18.4 Å². The van der Waals surface area contributed by atoms with Crippen molar-refractivity contribution in [1.29, 1.82) is 5.26 Å². The van der Waals surface area contributed by atoms with Crippen molar-refractivity contribution in [3.05, 3.63) is 47.9 Å². The monoisotopic (exact) mass is 300 g/mol. The van der Waals surface area contributed by atoms with E-state index < -0.39 is 10.8 Å². The normalized spacial score (nSPS) is 13.2. The highest BCUT2D eigenvalue weighted by Crippen LogP contribution is 2.23. The molecule has 5 nitrogen and oxygen atoms in total. The molecule has 2 atom stereocenters. The van der Waals surface area contributed by atoms with Crippen LogP contribution in [0.2, 0.25) is 0 Å². The van der Waals surface area contributed by atoms with Crippen molar-refractivity contribution < 1.29 is 4.21 Å². The Morgan fingerprint density at radius 1 is 1.24 bits per heavy atom. The van der Waals surface area contributed by atoms with Crippen molar-refractivity contribution in [1.82, 2.24) is 9.97 Å². The Bertz CT molecular complexity index is 676. The fourth-order valence-electron chi connectivity index (χ4n) is 1.92. The zero-order valence-electron chi connectivity index (χ0n) is 12.1. The molecule has 2 unspecified atom stereocenters. The molecule has 0 N–H and O–H groups in total. The van der Waals surface area contributed by atoms with Crippen LogP contribution in [0.3, 0.4) is 0 Å². The van der Waals surface area contributed by atoms with E-state index in [9.17, 15) is 4.21 Å². The summed E-state index contributed by atoms with van der Waals surface area (Å²) >= 11 is 0. The third kappa shape index (κ3) is 3.44. The molecule has 6 heteroatoms. The Morgan fingerprint density at radius 3 is 2.38 bits per heavy atom. The Balaban J connectivity index is 2.19. The van der Waals surface area contributed by atoms with Crippen molar-refractivity contribution in [3.8, 4) is 6.07 Å². The van der Waals surface area contributed by atoms with Gasteiger partial charge in [-0.25, -0.2) is 9.97 Å². The Morgan fingerprint density at radius 2 is 1.90 bits per heavy atom. The number of anilines is 1. The first-order valence-corrected chi connectivity index (χ1v) is 7.97. The van der Waals surface area contributed by atoms with Crippen molar-refractivity contribution in [2.45, 2.75) is 17.9 Å². The highest BCUT2D eigenvalue weighted by molar-refractivity contribution is 7.84. The molecule has 0 fully saturated rings. The number of hydrogen-bond acceptors (Lipinski definition) is 5. The van der Waals surface area contributed by atoms with Crippen LogP contribution in [0.5, 0.6) is 0 Å².